The molecule has 0 amide bonds. The first kappa shape index (κ1) is 8.86. The van der Waals surface area contributed by atoms with Gasteiger partial charge in [0, 0.05) is 13.5 Å². The fourth-order valence-electron chi connectivity index (χ4n) is 1.21. The molecule has 0 radical (unpaired) electrons. The highest BCUT2D eigenvalue weighted by Crippen LogP contribution is 2.09. The van der Waals surface area contributed by atoms with Crippen LogP contribution in [0.3, 0.4) is 0 Å². The molecule has 0 saturated heterocycles. The molecule has 1 N–H and O–H groups in total. The van der Waals surface area contributed by atoms with Crippen LogP contribution in [0.5, 0.6) is 0 Å². The Morgan fingerprint density at radius 3 is 3.00 bits per heavy atom. The van der Waals surface area contributed by atoms with E-state index in [-0.39, 0.29) is 0 Å². The zero-order chi connectivity index (χ0) is 9.97. The number of hydrogen-bond donors (Lipinski definition) is 1. The van der Waals surface area contributed by atoms with E-state index in [9.17, 15) is 0 Å². The van der Waals surface area contributed by atoms with Crippen molar-refractivity contribution in [3.63, 3.8) is 0 Å². The lowest BCUT2D eigenvalue weighted by molar-refractivity contribution is 0.715. The summed E-state index contributed by atoms with van der Waals surface area (Å²) < 4.78 is 1.63. The second kappa shape index (κ2) is 3.57. The minimum absolute atomic E-state index is 0.613. The molecule has 2 aromatic rings. The van der Waals surface area contributed by atoms with E-state index in [0.717, 1.165) is 18.7 Å². The van der Waals surface area contributed by atoms with Crippen molar-refractivity contribution >= 4 is 0 Å². The van der Waals surface area contributed by atoms with Gasteiger partial charge in [-0.3, -0.25) is 9.78 Å². The molecule has 2 heterocycles. The maximum atomic E-state index is 4.30. The molecule has 6 nitrogen and oxygen atoms in total. The number of aryl methyl sites for hydroxylation is 2. The van der Waals surface area contributed by atoms with Crippen LogP contribution in [0.4, 0.5) is 0 Å². The molecule has 74 valence electrons. The van der Waals surface area contributed by atoms with E-state index in [2.05, 4.69) is 32.4 Å². The Morgan fingerprint density at radius 2 is 2.36 bits per heavy atom. The maximum Gasteiger partial charge on any atom is 0.203 e. The van der Waals surface area contributed by atoms with Crippen LogP contribution < -0.4 is 0 Å². The van der Waals surface area contributed by atoms with Crippen LogP contribution in [-0.2, 0) is 13.5 Å². The molecule has 2 rings (SSSR count). The molecule has 0 saturated carbocycles. The smallest absolute Gasteiger partial charge is 0.203 e. The number of nitrogens with one attached hydrogen (secondary N) is 1. The van der Waals surface area contributed by atoms with Gasteiger partial charge in [-0.25, -0.2) is 4.98 Å². The van der Waals surface area contributed by atoms with E-state index in [0.29, 0.717) is 11.5 Å². The monoisotopic (exact) mass is 192 g/mol. The first-order valence-corrected chi connectivity index (χ1v) is 4.57. The van der Waals surface area contributed by atoms with Crippen LogP contribution in [0, 0.1) is 0 Å². The number of hydrogen-bond acceptors (Lipinski definition) is 4. The largest absolute Gasteiger partial charge is 0.263 e. The van der Waals surface area contributed by atoms with Crippen LogP contribution in [0.2, 0.25) is 0 Å². The summed E-state index contributed by atoms with van der Waals surface area (Å²) in [6.07, 6.45) is 3.75. The van der Waals surface area contributed by atoms with Gasteiger partial charge in [-0.15, -0.1) is 5.10 Å². The average molecular weight is 192 g/mol. The summed E-state index contributed by atoms with van der Waals surface area (Å²) >= 11 is 0. The topological polar surface area (TPSA) is 72.3 Å². The van der Waals surface area contributed by atoms with Gasteiger partial charge in [-0.2, -0.15) is 5.10 Å². The van der Waals surface area contributed by atoms with Crippen molar-refractivity contribution in [2.45, 2.75) is 19.8 Å². The minimum Gasteiger partial charge on any atom is -0.263 e. The van der Waals surface area contributed by atoms with Crippen molar-refractivity contribution < 1.29 is 0 Å². The van der Waals surface area contributed by atoms with Gasteiger partial charge >= 0.3 is 0 Å². The van der Waals surface area contributed by atoms with Gasteiger partial charge in [-0.05, 0) is 6.42 Å². The van der Waals surface area contributed by atoms with Crippen LogP contribution in [0.15, 0.2) is 6.20 Å². The zero-order valence-corrected chi connectivity index (χ0v) is 8.23. The third kappa shape index (κ3) is 1.63. The molecule has 6 heteroatoms. The van der Waals surface area contributed by atoms with Gasteiger partial charge in [0.05, 0.1) is 6.20 Å². The summed E-state index contributed by atoms with van der Waals surface area (Å²) in [7, 11) is 1.82. The number of aromatic nitrogens is 6. The molecule has 0 spiro atoms. The maximum absolute atomic E-state index is 4.30. The van der Waals surface area contributed by atoms with Crippen molar-refractivity contribution in [2.75, 3.05) is 0 Å². The molecular formula is C8H12N6. The third-order valence-corrected chi connectivity index (χ3v) is 1.85. The lowest BCUT2D eigenvalue weighted by Crippen LogP contribution is -1.85. The van der Waals surface area contributed by atoms with Crippen LogP contribution in [0.25, 0.3) is 11.5 Å². The fourth-order valence-corrected chi connectivity index (χ4v) is 1.21. The Balaban J connectivity index is 2.24. The Morgan fingerprint density at radius 1 is 1.50 bits per heavy atom. The van der Waals surface area contributed by atoms with Gasteiger partial charge in [-0.1, -0.05) is 12.1 Å². The second-order valence-electron chi connectivity index (χ2n) is 3.13. The lowest BCUT2D eigenvalue weighted by Gasteiger charge is -1.86. The van der Waals surface area contributed by atoms with Gasteiger partial charge in [0.1, 0.15) is 5.82 Å². The van der Waals surface area contributed by atoms with E-state index < -0.39 is 0 Å². The number of nitrogens with zero attached hydrogens (tertiary/aromatic N) is 5. The summed E-state index contributed by atoms with van der Waals surface area (Å²) in [6, 6.07) is 0. The summed E-state index contributed by atoms with van der Waals surface area (Å²) in [5.41, 5.74) is 0.700. The molecule has 0 bridgehead atoms. The molecule has 14 heavy (non-hydrogen) atoms. The van der Waals surface area contributed by atoms with E-state index in [1.807, 2.05) is 7.05 Å². The molecule has 0 atom stereocenters. The molecule has 2 aromatic heterocycles. The van der Waals surface area contributed by atoms with Crippen molar-refractivity contribution in [1.29, 1.82) is 0 Å². The zero-order valence-electron chi connectivity index (χ0n) is 8.23. The number of rotatable bonds is 3. The number of aromatic amines is 1. The molecule has 0 aliphatic rings. The first-order chi connectivity index (χ1) is 6.79. The summed E-state index contributed by atoms with van der Waals surface area (Å²) in [4.78, 5) is 4.30. The quantitative estimate of drug-likeness (QED) is 0.770. The van der Waals surface area contributed by atoms with Gasteiger partial charge in [0.2, 0.25) is 5.82 Å². The summed E-state index contributed by atoms with van der Waals surface area (Å²) in [5.74, 6) is 1.51. The predicted molar refractivity (Wildman–Crippen MR) is 50.4 cm³/mol. The Kier molecular flexibility index (Phi) is 2.26. The number of H-pyrrole nitrogens is 1. The molecule has 0 aromatic carbocycles. The average Bonchev–Trinajstić information content (AvgIpc) is 2.74. The first-order valence-electron chi connectivity index (χ1n) is 4.57. The minimum atomic E-state index is 0.613. The van der Waals surface area contributed by atoms with Gasteiger partial charge in [0.25, 0.3) is 0 Å². The standard InChI is InChI=1S/C8H12N6/c1-3-4-7-9-8(12-11-7)6-5-14(2)13-10-6/h5H,3-4H2,1-2H3,(H,9,11,12). The molecular weight excluding hydrogens is 180 g/mol. The Bertz CT molecular complexity index is 415. The molecule has 0 aliphatic heterocycles. The molecule has 0 unspecified atom stereocenters. The second-order valence-corrected chi connectivity index (χ2v) is 3.13. The van der Waals surface area contributed by atoms with Crippen molar-refractivity contribution in [2.24, 2.45) is 7.05 Å². The van der Waals surface area contributed by atoms with E-state index >= 15 is 0 Å². The van der Waals surface area contributed by atoms with E-state index in [1.165, 1.54) is 0 Å². The van der Waals surface area contributed by atoms with E-state index in [1.54, 1.807) is 10.9 Å². The summed E-state index contributed by atoms with van der Waals surface area (Å²) in [6.45, 7) is 2.10. The highest BCUT2D eigenvalue weighted by Gasteiger charge is 2.08. The Hall–Kier alpha value is -1.72. The van der Waals surface area contributed by atoms with Gasteiger partial charge in [0.15, 0.2) is 5.69 Å². The predicted octanol–water partition coefficient (Wildman–Crippen LogP) is 0.553. The lowest BCUT2D eigenvalue weighted by atomic mass is 10.3. The normalized spacial score (nSPS) is 10.7. The van der Waals surface area contributed by atoms with E-state index in [4.69, 9.17) is 0 Å². The van der Waals surface area contributed by atoms with Crippen LogP contribution >= 0.6 is 0 Å². The molecule has 0 aliphatic carbocycles. The molecule has 0 fully saturated rings. The fraction of sp³-hybridized carbons (Fsp3) is 0.500. The van der Waals surface area contributed by atoms with Crippen molar-refractivity contribution in [3.8, 4) is 11.5 Å². The third-order valence-electron chi connectivity index (χ3n) is 1.85. The van der Waals surface area contributed by atoms with Crippen molar-refractivity contribution in [3.05, 3.63) is 12.0 Å². The SMILES string of the molecule is CCCc1nc(-c2cn(C)nn2)n[nH]1. The van der Waals surface area contributed by atoms with Gasteiger partial charge < -0.3 is 0 Å². The Labute approximate surface area is 81.4 Å². The highest BCUT2D eigenvalue weighted by molar-refractivity contribution is 5.45. The summed E-state index contributed by atoms with van der Waals surface area (Å²) in [5, 5.41) is 14.7. The highest BCUT2D eigenvalue weighted by atomic mass is 15.4. The van der Waals surface area contributed by atoms with Crippen LogP contribution in [0.1, 0.15) is 19.2 Å². The van der Waals surface area contributed by atoms with Crippen LogP contribution in [-0.4, -0.2) is 30.2 Å². The van der Waals surface area contributed by atoms with Crippen molar-refractivity contribution in [1.82, 2.24) is 30.2 Å².